The second-order valence-electron chi connectivity index (χ2n) is 4.70. The maximum atomic E-state index is 12.8. The van der Waals surface area contributed by atoms with Crippen LogP contribution >= 0.6 is 0 Å². The Hall–Kier alpha value is -1.63. The van der Waals surface area contributed by atoms with Gasteiger partial charge in [0.25, 0.3) is 0 Å². The molecule has 20 heavy (non-hydrogen) atoms. The van der Waals surface area contributed by atoms with E-state index in [9.17, 15) is 18.0 Å². The number of alkyl halides is 3. The highest BCUT2D eigenvalue weighted by molar-refractivity contribution is 5.89. The number of esters is 1. The third-order valence-corrected chi connectivity index (χ3v) is 3.34. The molecule has 2 rings (SSSR count). The quantitative estimate of drug-likeness (QED) is 0.801. The lowest BCUT2D eigenvalue weighted by atomic mass is 10.2. The molecule has 0 aromatic carbocycles. The van der Waals surface area contributed by atoms with Crippen molar-refractivity contribution in [1.82, 2.24) is 9.88 Å². The summed E-state index contributed by atoms with van der Waals surface area (Å²) < 4.78 is 43.1. The highest BCUT2D eigenvalue weighted by atomic mass is 19.4. The van der Waals surface area contributed by atoms with Crippen LogP contribution in [0.2, 0.25) is 0 Å². The summed E-state index contributed by atoms with van der Waals surface area (Å²) in [5.41, 5.74) is 0.726. The average Bonchev–Trinajstić information content (AvgIpc) is 2.86. The van der Waals surface area contributed by atoms with Crippen molar-refractivity contribution in [3.63, 3.8) is 0 Å². The Kier molecular flexibility index (Phi) is 4.27. The SMILES string of the molecule is COC(=O)c1ccnc(CN2CCC[C@H]2C(F)(F)F)c1. The molecule has 1 saturated heterocycles. The van der Waals surface area contributed by atoms with Gasteiger partial charge in [-0.15, -0.1) is 0 Å². The van der Waals surface area contributed by atoms with Crippen LogP contribution in [0.5, 0.6) is 0 Å². The van der Waals surface area contributed by atoms with E-state index < -0.39 is 18.2 Å². The van der Waals surface area contributed by atoms with Gasteiger partial charge < -0.3 is 4.74 Å². The first-order valence-corrected chi connectivity index (χ1v) is 6.26. The van der Waals surface area contributed by atoms with Crippen molar-refractivity contribution in [2.75, 3.05) is 13.7 Å². The molecule has 0 bridgehead atoms. The summed E-state index contributed by atoms with van der Waals surface area (Å²) >= 11 is 0. The zero-order valence-corrected chi connectivity index (χ0v) is 11.0. The molecular weight excluding hydrogens is 273 g/mol. The number of hydrogen-bond acceptors (Lipinski definition) is 4. The number of nitrogens with zero attached hydrogens (tertiary/aromatic N) is 2. The Balaban J connectivity index is 2.12. The molecule has 1 aliphatic heterocycles. The van der Waals surface area contributed by atoms with Crippen molar-refractivity contribution < 1.29 is 22.7 Å². The number of halogens is 3. The molecular formula is C13H15F3N2O2. The summed E-state index contributed by atoms with van der Waals surface area (Å²) in [6.45, 7) is 0.462. The van der Waals surface area contributed by atoms with Crippen LogP contribution in [0.15, 0.2) is 18.3 Å². The molecule has 1 aromatic heterocycles. The van der Waals surface area contributed by atoms with Crippen molar-refractivity contribution in [2.24, 2.45) is 0 Å². The Morgan fingerprint density at radius 3 is 2.95 bits per heavy atom. The summed E-state index contributed by atoms with van der Waals surface area (Å²) in [5.74, 6) is -0.526. The molecule has 0 aliphatic carbocycles. The largest absolute Gasteiger partial charge is 0.465 e. The number of carbonyl (C=O) groups is 1. The first-order valence-electron chi connectivity index (χ1n) is 6.26. The van der Waals surface area contributed by atoms with Gasteiger partial charge in [0, 0.05) is 12.7 Å². The highest BCUT2D eigenvalue weighted by Gasteiger charge is 2.45. The predicted molar refractivity (Wildman–Crippen MR) is 65.1 cm³/mol. The molecule has 1 atom stereocenters. The second-order valence-corrected chi connectivity index (χ2v) is 4.70. The van der Waals surface area contributed by atoms with Gasteiger partial charge in [-0.1, -0.05) is 0 Å². The van der Waals surface area contributed by atoms with Crippen molar-refractivity contribution in [2.45, 2.75) is 31.6 Å². The summed E-state index contributed by atoms with van der Waals surface area (Å²) in [5, 5.41) is 0. The Morgan fingerprint density at radius 1 is 1.55 bits per heavy atom. The maximum absolute atomic E-state index is 12.8. The molecule has 0 N–H and O–H groups in total. The van der Waals surface area contributed by atoms with E-state index in [1.807, 2.05) is 0 Å². The Morgan fingerprint density at radius 2 is 2.30 bits per heavy atom. The third kappa shape index (κ3) is 3.27. The molecule has 4 nitrogen and oxygen atoms in total. The lowest BCUT2D eigenvalue weighted by Gasteiger charge is -2.26. The van der Waals surface area contributed by atoms with Crippen molar-refractivity contribution in [3.8, 4) is 0 Å². The Bertz CT molecular complexity index is 491. The van der Waals surface area contributed by atoms with Crippen LogP contribution in [0.4, 0.5) is 13.2 Å². The average molecular weight is 288 g/mol. The van der Waals surface area contributed by atoms with Gasteiger partial charge >= 0.3 is 12.1 Å². The van der Waals surface area contributed by atoms with E-state index >= 15 is 0 Å². The van der Waals surface area contributed by atoms with Crippen molar-refractivity contribution in [3.05, 3.63) is 29.6 Å². The summed E-state index contributed by atoms with van der Waals surface area (Å²) in [4.78, 5) is 16.8. The van der Waals surface area contributed by atoms with Crippen LogP contribution in [-0.2, 0) is 11.3 Å². The Labute approximate surface area is 114 Å². The predicted octanol–water partition coefficient (Wildman–Crippen LogP) is 2.39. The smallest absolute Gasteiger partial charge is 0.404 e. The van der Waals surface area contributed by atoms with Gasteiger partial charge in [-0.3, -0.25) is 9.88 Å². The topological polar surface area (TPSA) is 42.4 Å². The zero-order chi connectivity index (χ0) is 14.8. The number of likely N-dealkylation sites (tertiary alicyclic amines) is 1. The van der Waals surface area contributed by atoms with Crippen LogP contribution in [0, 0.1) is 0 Å². The number of carbonyl (C=O) groups excluding carboxylic acids is 1. The third-order valence-electron chi connectivity index (χ3n) is 3.34. The fourth-order valence-corrected chi connectivity index (χ4v) is 2.40. The molecule has 0 saturated carbocycles. The van der Waals surface area contributed by atoms with E-state index in [2.05, 4.69) is 9.72 Å². The van der Waals surface area contributed by atoms with Crippen LogP contribution in [0.1, 0.15) is 28.9 Å². The minimum atomic E-state index is -4.23. The summed E-state index contributed by atoms with van der Waals surface area (Å²) in [6, 6.07) is 1.52. The van der Waals surface area contributed by atoms with Gasteiger partial charge in [0.05, 0.1) is 18.4 Å². The highest BCUT2D eigenvalue weighted by Crippen LogP contribution is 2.33. The van der Waals surface area contributed by atoms with Gasteiger partial charge in [-0.05, 0) is 31.5 Å². The van der Waals surface area contributed by atoms with Gasteiger partial charge in [0.15, 0.2) is 0 Å². The van der Waals surface area contributed by atoms with E-state index in [1.165, 1.54) is 30.3 Å². The normalized spacial score (nSPS) is 20.1. The number of methoxy groups -OCH3 is 1. The molecule has 7 heteroatoms. The molecule has 0 radical (unpaired) electrons. The maximum Gasteiger partial charge on any atom is 0.404 e. The van der Waals surface area contributed by atoms with Crippen molar-refractivity contribution in [1.29, 1.82) is 0 Å². The number of aromatic nitrogens is 1. The van der Waals surface area contributed by atoms with Crippen molar-refractivity contribution >= 4 is 5.97 Å². The van der Waals surface area contributed by atoms with Crippen LogP contribution in [0.3, 0.4) is 0 Å². The molecule has 1 fully saturated rings. The van der Waals surface area contributed by atoms with E-state index in [0.717, 1.165) is 0 Å². The number of pyridine rings is 1. The molecule has 110 valence electrons. The lowest BCUT2D eigenvalue weighted by molar-refractivity contribution is -0.177. The van der Waals surface area contributed by atoms with Gasteiger partial charge in [-0.25, -0.2) is 4.79 Å². The molecule has 0 amide bonds. The van der Waals surface area contributed by atoms with E-state index in [4.69, 9.17) is 0 Å². The van der Waals surface area contributed by atoms with E-state index in [-0.39, 0.29) is 13.0 Å². The first-order chi connectivity index (χ1) is 9.41. The monoisotopic (exact) mass is 288 g/mol. The fraction of sp³-hybridized carbons (Fsp3) is 0.538. The minimum Gasteiger partial charge on any atom is -0.465 e. The van der Waals surface area contributed by atoms with Crippen LogP contribution in [-0.4, -0.2) is 41.7 Å². The first kappa shape index (κ1) is 14.8. The molecule has 0 unspecified atom stereocenters. The number of hydrogen-bond donors (Lipinski definition) is 0. The summed E-state index contributed by atoms with van der Waals surface area (Å²) in [7, 11) is 1.25. The standard InChI is InChI=1S/C13H15F3N2O2/c1-20-12(19)9-4-5-17-10(7-9)8-18-6-2-3-11(18)13(14,15)16/h4-5,7,11H,2-3,6,8H2,1H3/t11-/m0/s1. The summed E-state index contributed by atoms with van der Waals surface area (Å²) in [6.07, 6.45) is -2.20. The van der Waals surface area contributed by atoms with E-state index in [0.29, 0.717) is 24.2 Å². The number of ether oxygens (including phenoxy) is 1. The van der Waals surface area contributed by atoms with Gasteiger partial charge in [0.2, 0.25) is 0 Å². The van der Waals surface area contributed by atoms with Gasteiger partial charge in [0.1, 0.15) is 6.04 Å². The van der Waals surface area contributed by atoms with Crippen LogP contribution < -0.4 is 0 Å². The van der Waals surface area contributed by atoms with E-state index in [1.54, 1.807) is 0 Å². The zero-order valence-electron chi connectivity index (χ0n) is 11.0. The molecule has 2 heterocycles. The second kappa shape index (κ2) is 5.78. The molecule has 1 aliphatic rings. The van der Waals surface area contributed by atoms with Crippen LogP contribution in [0.25, 0.3) is 0 Å². The number of rotatable bonds is 3. The minimum absolute atomic E-state index is 0.0784. The van der Waals surface area contributed by atoms with Gasteiger partial charge in [-0.2, -0.15) is 13.2 Å². The molecule has 1 aromatic rings. The molecule has 0 spiro atoms. The lowest BCUT2D eigenvalue weighted by Crippen LogP contribution is -2.40. The fourth-order valence-electron chi connectivity index (χ4n) is 2.40.